The van der Waals surface area contributed by atoms with Gasteiger partial charge in [0.25, 0.3) is 0 Å². The van der Waals surface area contributed by atoms with E-state index in [0.29, 0.717) is 6.54 Å². The number of piperidine rings is 1. The molecule has 5 heteroatoms. The summed E-state index contributed by atoms with van der Waals surface area (Å²) in [6.45, 7) is 5.59. The Morgan fingerprint density at radius 3 is 2.33 bits per heavy atom. The molecule has 1 aromatic carbocycles. The van der Waals surface area contributed by atoms with Crippen molar-refractivity contribution in [1.29, 1.82) is 0 Å². The van der Waals surface area contributed by atoms with Crippen LogP contribution >= 0.6 is 0 Å². The highest BCUT2D eigenvalue weighted by Crippen LogP contribution is 2.36. The first kappa shape index (κ1) is 19.2. The number of pyridine rings is 1. The number of Topliss-reactive ketones (excluding diaryl/α,β-unsaturated/α-hetero) is 1. The highest BCUT2D eigenvalue weighted by molar-refractivity contribution is 5.88. The third kappa shape index (κ3) is 4.25. The second kappa shape index (κ2) is 8.44. The molecule has 2 heterocycles. The van der Waals surface area contributed by atoms with Crippen LogP contribution in [0, 0.1) is 0 Å². The SMILES string of the molecule is CC(=O)C1(c2ccccc2)CCN([C@H](C)C(=O)NCc2ccncc2)CC1. The normalized spacial score (nSPS) is 17.9. The minimum absolute atomic E-state index is 0.0156. The number of hydrogen-bond acceptors (Lipinski definition) is 4. The van der Waals surface area contributed by atoms with Gasteiger partial charge in [-0.05, 0) is 49.9 Å². The Balaban J connectivity index is 1.60. The lowest BCUT2D eigenvalue weighted by Crippen LogP contribution is -2.52. The Labute approximate surface area is 160 Å². The second-order valence-electron chi connectivity index (χ2n) is 7.29. The van der Waals surface area contributed by atoms with Crippen molar-refractivity contribution in [2.24, 2.45) is 0 Å². The van der Waals surface area contributed by atoms with Crippen LogP contribution in [0.5, 0.6) is 0 Å². The van der Waals surface area contributed by atoms with E-state index in [1.54, 1.807) is 19.3 Å². The third-order valence-corrected chi connectivity index (χ3v) is 5.80. The number of benzene rings is 1. The number of ketones is 1. The van der Waals surface area contributed by atoms with Crippen LogP contribution < -0.4 is 5.32 Å². The Bertz CT molecular complexity index is 769. The number of nitrogens with zero attached hydrogens (tertiary/aromatic N) is 2. The summed E-state index contributed by atoms with van der Waals surface area (Å²) in [5, 5.41) is 3.00. The summed E-state index contributed by atoms with van der Waals surface area (Å²) in [6, 6.07) is 13.6. The van der Waals surface area contributed by atoms with Gasteiger partial charge in [0.05, 0.1) is 11.5 Å². The summed E-state index contributed by atoms with van der Waals surface area (Å²) in [6.07, 6.45) is 4.93. The number of rotatable bonds is 6. The first-order valence-corrected chi connectivity index (χ1v) is 9.50. The van der Waals surface area contributed by atoms with Crippen molar-refractivity contribution in [2.45, 2.75) is 44.7 Å². The Morgan fingerprint density at radius 1 is 1.11 bits per heavy atom. The fourth-order valence-electron chi connectivity index (χ4n) is 3.90. The summed E-state index contributed by atoms with van der Waals surface area (Å²) < 4.78 is 0. The molecule has 0 unspecified atom stereocenters. The van der Waals surface area contributed by atoms with E-state index in [9.17, 15) is 9.59 Å². The van der Waals surface area contributed by atoms with Gasteiger partial charge in [0.1, 0.15) is 5.78 Å². The molecule has 1 saturated heterocycles. The largest absolute Gasteiger partial charge is 0.351 e. The highest BCUT2D eigenvalue weighted by atomic mass is 16.2. The number of hydrogen-bond donors (Lipinski definition) is 1. The van der Waals surface area contributed by atoms with Gasteiger partial charge >= 0.3 is 0 Å². The van der Waals surface area contributed by atoms with Crippen LogP contribution in [-0.2, 0) is 21.5 Å². The minimum atomic E-state index is -0.426. The fourth-order valence-corrected chi connectivity index (χ4v) is 3.90. The van der Waals surface area contributed by atoms with Gasteiger partial charge in [0.15, 0.2) is 0 Å². The lowest BCUT2D eigenvalue weighted by molar-refractivity contribution is -0.128. The zero-order valence-corrected chi connectivity index (χ0v) is 16.0. The van der Waals surface area contributed by atoms with E-state index in [2.05, 4.69) is 15.2 Å². The molecule has 142 valence electrons. The van der Waals surface area contributed by atoms with Crippen LogP contribution in [0.15, 0.2) is 54.9 Å². The molecule has 0 radical (unpaired) electrons. The Hall–Kier alpha value is -2.53. The van der Waals surface area contributed by atoms with Crippen LogP contribution in [0.2, 0.25) is 0 Å². The average Bonchev–Trinajstić information content (AvgIpc) is 2.72. The zero-order chi connectivity index (χ0) is 19.3. The van der Waals surface area contributed by atoms with Crippen molar-refractivity contribution in [3.63, 3.8) is 0 Å². The topological polar surface area (TPSA) is 62.3 Å². The van der Waals surface area contributed by atoms with E-state index in [4.69, 9.17) is 0 Å². The molecule has 2 aromatic rings. The molecule has 0 aliphatic carbocycles. The number of carbonyl (C=O) groups excluding carboxylic acids is 2. The molecule has 1 aliphatic rings. The maximum Gasteiger partial charge on any atom is 0.237 e. The number of nitrogens with one attached hydrogen (secondary N) is 1. The second-order valence-corrected chi connectivity index (χ2v) is 7.29. The Morgan fingerprint density at radius 2 is 1.74 bits per heavy atom. The van der Waals surface area contributed by atoms with Gasteiger partial charge in [0.2, 0.25) is 5.91 Å². The minimum Gasteiger partial charge on any atom is -0.351 e. The molecule has 27 heavy (non-hydrogen) atoms. The zero-order valence-electron chi connectivity index (χ0n) is 16.0. The van der Waals surface area contributed by atoms with Crippen LogP contribution in [0.4, 0.5) is 0 Å². The van der Waals surface area contributed by atoms with Crippen LogP contribution in [-0.4, -0.2) is 40.7 Å². The van der Waals surface area contributed by atoms with Gasteiger partial charge < -0.3 is 5.32 Å². The summed E-state index contributed by atoms with van der Waals surface area (Å²) in [7, 11) is 0. The van der Waals surface area contributed by atoms with Crippen LogP contribution in [0.3, 0.4) is 0 Å². The van der Waals surface area contributed by atoms with Crippen molar-refractivity contribution in [1.82, 2.24) is 15.2 Å². The van der Waals surface area contributed by atoms with Gasteiger partial charge in [-0.25, -0.2) is 0 Å². The molecule has 1 atom stereocenters. The molecule has 5 nitrogen and oxygen atoms in total. The molecule has 3 rings (SSSR count). The van der Waals surface area contributed by atoms with Crippen LogP contribution in [0.1, 0.15) is 37.8 Å². The van der Waals surface area contributed by atoms with Crippen molar-refractivity contribution in [3.8, 4) is 0 Å². The van der Waals surface area contributed by atoms with E-state index in [1.165, 1.54) is 0 Å². The number of carbonyl (C=O) groups is 2. The first-order valence-electron chi connectivity index (χ1n) is 9.50. The number of aromatic nitrogens is 1. The average molecular weight is 365 g/mol. The predicted molar refractivity (Wildman–Crippen MR) is 105 cm³/mol. The maximum atomic E-state index is 12.5. The molecule has 1 aromatic heterocycles. The monoisotopic (exact) mass is 365 g/mol. The van der Waals surface area contributed by atoms with E-state index in [1.807, 2.05) is 49.4 Å². The van der Waals surface area contributed by atoms with E-state index < -0.39 is 5.41 Å². The molecule has 1 fully saturated rings. The van der Waals surface area contributed by atoms with Crippen molar-refractivity contribution in [3.05, 3.63) is 66.0 Å². The first-order chi connectivity index (χ1) is 13.0. The lowest BCUT2D eigenvalue weighted by Gasteiger charge is -2.42. The number of likely N-dealkylation sites (tertiary alicyclic amines) is 1. The quantitative estimate of drug-likeness (QED) is 0.855. The molecule has 0 bridgehead atoms. The highest BCUT2D eigenvalue weighted by Gasteiger charge is 2.41. The summed E-state index contributed by atoms with van der Waals surface area (Å²) in [4.78, 5) is 31.2. The molecule has 0 saturated carbocycles. The smallest absolute Gasteiger partial charge is 0.237 e. The molecule has 0 spiro atoms. The molecule has 1 N–H and O–H groups in total. The Kier molecular flexibility index (Phi) is 6.01. The summed E-state index contributed by atoms with van der Waals surface area (Å²) in [5.74, 6) is 0.227. The molecule has 1 aliphatic heterocycles. The van der Waals surface area contributed by atoms with Gasteiger partial charge in [-0.2, -0.15) is 0 Å². The van der Waals surface area contributed by atoms with Gasteiger partial charge in [-0.15, -0.1) is 0 Å². The van der Waals surface area contributed by atoms with Crippen molar-refractivity contribution >= 4 is 11.7 Å². The van der Waals surface area contributed by atoms with E-state index >= 15 is 0 Å². The number of amides is 1. The van der Waals surface area contributed by atoms with E-state index in [0.717, 1.165) is 37.1 Å². The van der Waals surface area contributed by atoms with Crippen molar-refractivity contribution in [2.75, 3.05) is 13.1 Å². The predicted octanol–water partition coefficient (Wildman–Crippen LogP) is 2.71. The van der Waals surface area contributed by atoms with Gasteiger partial charge in [-0.1, -0.05) is 30.3 Å². The van der Waals surface area contributed by atoms with Crippen molar-refractivity contribution < 1.29 is 9.59 Å². The van der Waals surface area contributed by atoms with E-state index in [-0.39, 0.29) is 17.7 Å². The summed E-state index contributed by atoms with van der Waals surface area (Å²) in [5.41, 5.74) is 1.70. The molecular formula is C22H27N3O2. The molecule has 1 amide bonds. The summed E-state index contributed by atoms with van der Waals surface area (Å²) >= 11 is 0. The van der Waals surface area contributed by atoms with Gasteiger partial charge in [0, 0.05) is 32.0 Å². The maximum absolute atomic E-state index is 12.5. The van der Waals surface area contributed by atoms with Gasteiger partial charge in [-0.3, -0.25) is 19.5 Å². The van der Waals surface area contributed by atoms with Crippen LogP contribution in [0.25, 0.3) is 0 Å². The lowest BCUT2D eigenvalue weighted by atomic mass is 9.70. The standard InChI is InChI=1S/C22H27N3O2/c1-17(21(27)24-16-19-8-12-23-13-9-19)25-14-10-22(11-15-25,18(2)26)20-6-4-3-5-7-20/h3-9,12-13,17H,10-11,14-16H2,1-2H3,(H,24,27)/t17-/m1/s1. The fraction of sp³-hybridized carbons (Fsp3) is 0.409. The third-order valence-electron chi connectivity index (χ3n) is 5.80. The molecular weight excluding hydrogens is 338 g/mol.